The molecule has 1 aliphatic carbocycles. The molecule has 0 unspecified atom stereocenters. The van der Waals surface area contributed by atoms with Crippen LogP contribution in [-0.2, 0) is 11.3 Å². The van der Waals surface area contributed by atoms with Gasteiger partial charge in [0.05, 0.1) is 6.54 Å². The molecule has 0 atom stereocenters. The van der Waals surface area contributed by atoms with Gasteiger partial charge in [-0.1, -0.05) is 24.6 Å². The van der Waals surface area contributed by atoms with Crippen LogP contribution in [0.25, 0.3) is 0 Å². The van der Waals surface area contributed by atoms with E-state index in [1.807, 2.05) is 4.90 Å². The first-order valence-electron chi connectivity index (χ1n) is 5.86. The predicted molar refractivity (Wildman–Crippen MR) is 62.1 cm³/mol. The molecule has 1 saturated carbocycles. The molecule has 0 spiro atoms. The van der Waals surface area contributed by atoms with Crippen LogP contribution in [0.5, 0.6) is 0 Å². The van der Waals surface area contributed by atoms with Gasteiger partial charge in [-0.15, -0.1) is 0 Å². The zero-order valence-electron chi connectivity index (χ0n) is 9.60. The van der Waals surface area contributed by atoms with E-state index in [0.717, 1.165) is 19.3 Å². The largest absolute Gasteiger partial charge is 0.480 e. The number of benzene rings is 1. The van der Waals surface area contributed by atoms with E-state index in [2.05, 4.69) is 0 Å². The molecule has 92 valence electrons. The van der Waals surface area contributed by atoms with Crippen molar-refractivity contribution in [3.8, 4) is 0 Å². The maximum absolute atomic E-state index is 13.5. The minimum absolute atomic E-state index is 0.0149. The van der Waals surface area contributed by atoms with Crippen LogP contribution < -0.4 is 0 Å². The average Bonchev–Trinajstić information content (AvgIpc) is 2.17. The first-order valence-corrected chi connectivity index (χ1v) is 5.86. The molecular formula is C13H16FNO2. The summed E-state index contributed by atoms with van der Waals surface area (Å²) < 4.78 is 13.5. The van der Waals surface area contributed by atoms with Crippen molar-refractivity contribution in [2.45, 2.75) is 31.8 Å². The van der Waals surface area contributed by atoms with Gasteiger partial charge < -0.3 is 5.11 Å². The molecule has 2 rings (SSSR count). The Bertz CT molecular complexity index is 404. The molecule has 0 bridgehead atoms. The summed E-state index contributed by atoms with van der Waals surface area (Å²) in [7, 11) is 0. The quantitative estimate of drug-likeness (QED) is 0.854. The average molecular weight is 237 g/mol. The van der Waals surface area contributed by atoms with Crippen LogP contribution >= 0.6 is 0 Å². The van der Waals surface area contributed by atoms with Crippen LogP contribution in [-0.4, -0.2) is 28.6 Å². The SMILES string of the molecule is O=C(O)CN(Cc1ccccc1F)C1CCC1. The summed E-state index contributed by atoms with van der Waals surface area (Å²) in [6, 6.07) is 6.84. The van der Waals surface area contributed by atoms with E-state index in [4.69, 9.17) is 5.11 Å². The van der Waals surface area contributed by atoms with E-state index >= 15 is 0 Å². The molecule has 0 saturated heterocycles. The van der Waals surface area contributed by atoms with Crippen molar-refractivity contribution in [1.29, 1.82) is 0 Å². The molecule has 1 aliphatic rings. The number of halogens is 1. The van der Waals surface area contributed by atoms with E-state index < -0.39 is 5.97 Å². The minimum Gasteiger partial charge on any atom is -0.480 e. The Kier molecular flexibility index (Phi) is 3.74. The lowest BCUT2D eigenvalue weighted by Crippen LogP contribution is -2.42. The molecule has 4 heteroatoms. The van der Waals surface area contributed by atoms with Gasteiger partial charge in [0.25, 0.3) is 0 Å². The van der Waals surface area contributed by atoms with E-state index in [1.165, 1.54) is 6.07 Å². The monoisotopic (exact) mass is 237 g/mol. The van der Waals surface area contributed by atoms with Crippen LogP contribution in [0.1, 0.15) is 24.8 Å². The van der Waals surface area contributed by atoms with Gasteiger partial charge in [0.1, 0.15) is 5.82 Å². The molecule has 17 heavy (non-hydrogen) atoms. The van der Waals surface area contributed by atoms with Gasteiger partial charge in [0.15, 0.2) is 0 Å². The fraction of sp³-hybridized carbons (Fsp3) is 0.462. The second-order valence-electron chi connectivity index (χ2n) is 4.47. The molecular weight excluding hydrogens is 221 g/mol. The highest BCUT2D eigenvalue weighted by Gasteiger charge is 2.26. The van der Waals surface area contributed by atoms with Gasteiger partial charge >= 0.3 is 5.97 Å². The predicted octanol–water partition coefficient (Wildman–Crippen LogP) is 2.26. The Labute approximate surface area is 99.9 Å². The Hall–Kier alpha value is -1.42. The van der Waals surface area contributed by atoms with Crippen molar-refractivity contribution < 1.29 is 14.3 Å². The zero-order valence-corrected chi connectivity index (χ0v) is 9.60. The lowest BCUT2D eigenvalue weighted by Gasteiger charge is -2.36. The van der Waals surface area contributed by atoms with Gasteiger partial charge in [0, 0.05) is 18.2 Å². The Morgan fingerprint density at radius 3 is 2.65 bits per heavy atom. The lowest BCUT2D eigenvalue weighted by molar-refractivity contribution is -0.139. The van der Waals surface area contributed by atoms with Crippen LogP contribution in [0.4, 0.5) is 4.39 Å². The first-order chi connectivity index (χ1) is 8.16. The molecule has 1 aromatic carbocycles. The fourth-order valence-corrected chi connectivity index (χ4v) is 2.09. The molecule has 0 amide bonds. The minimum atomic E-state index is -0.853. The molecule has 1 aromatic rings. The van der Waals surface area contributed by atoms with Crippen molar-refractivity contribution in [3.63, 3.8) is 0 Å². The maximum Gasteiger partial charge on any atom is 0.317 e. The van der Waals surface area contributed by atoms with Crippen LogP contribution in [0.15, 0.2) is 24.3 Å². The summed E-state index contributed by atoms with van der Waals surface area (Å²) in [6.07, 6.45) is 3.17. The summed E-state index contributed by atoms with van der Waals surface area (Å²) in [4.78, 5) is 12.6. The van der Waals surface area contributed by atoms with Crippen molar-refractivity contribution in [1.82, 2.24) is 4.90 Å². The molecule has 1 N–H and O–H groups in total. The highest BCUT2D eigenvalue weighted by molar-refractivity contribution is 5.69. The van der Waals surface area contributed by atoms with Crippen molar-refractivity contribution in [3.05, 3.63) is 35.6 Å². The number of nitrogens with zero attached hydrogens (tertiary/aromatic N) is 1. The maximum atomic E-state index is 13.5. The molecule has 1 fully saturated rings. The Morgan fingerprint density at radius 2 is 2.12 bits per heavy atom. The highest BCUT2D eigenvalue weighted by Crippen LogP contribution is 2.26. The number of carboxylic acids is 1. The zero-order chi connectivity index (χ0) is 12.3. The lowest BCUT2D eigenvalue weighted by atomic mass is 9.91. The fourth-order valence-electron chi connectivity index (χ4n) is 2.09. The van der Waals surface area contributed by atoms with Crippen molar-refractivity contribution >= 4 is 5.97 Å². The van der Waals surface area contributed by atoms with Crippen LogP contribution in [0.3, 0.4) is 0 Å². The summed E-state index contributed by atoms with van der Waals surface area (Å²) >= 11 is 0. The van der Waals surface area contributed by atoms with Crippen LogP contribution in [0.2, 0.25) is 0 Å². The second-order valence-corrected chi connectivity index (χ2v) is 4.47. The van der Waals surface area contributed by atoms with E-state index in [9.17, 15) is 9.18 Å². The molecule has 0 heterocycles. The number of rotatable bonds is 5. The van der Waals surface area contributed by atoms with Crippen molar-refractivity contribution in [2.75, 3.05) is 6.54 Å². The third-order valence-electron chi connectivity index (χ3n) is 3.26. The molecule has 3 nitrogen and oxygen atoms in total. The molecule has 0 aliphatic heterocycles. The van der Waals surface area contributed by atoms with Gasteiger partial charge in [0.2, 0.25) is 0 Å². The number of aliphatic carboxylic acids is 1. The van der Waals surface area contributed by atoms with Crippen LogP contribution in [0, 0.1) is 5.82 Å². The van der Waals surface area contributed by atoms with E-state index in [1.54, 1.807) is 18.2 Å². The van der Waals surface area contributed by atoms with Gasteiger partial charge in [-0.25, -0.2) is 4.39 Å². The second kappa shape index (κ2) is 5.27. The molecule has 0 aromatic heterocycles. The van der Waals surface area contributed by atoms with Crippen molar-refractivity contribution in [2.24, 2.45) is 0 Å². The van der Waals surface area contributed by atoms with E-state index in [-0.39, 0.29) is 12.4 Å². The summed E-state index contributed by atoms with van der Waals surface area (Å²) in [6.45, 7) is 0.364. The normalized spacial score (nSPS) is 15.9. The Balaban J connectivity index is 2.06. The summed E-state index contributed by atoms with van der Waals surface area (Å²) in [5.74, 6) is -1.12. The first kappa shape index (κ1) is 12.0. The summed E-state index contributed by atoms with van der Waals surface area (Å²) in [5.41, 5.74) is 0.570. The third kappa shape index (κ3) is 3.03. The standard InChI is InChI=1S/C13H16FNO2/c14-12-7-2-1-4-10(12)8-15(9-13(16)17)11-5-3-6-11/h1-2,4,7,11H,3,5-6,8-9H2,(H,16,17). The smallest absolute Gasteiger partial charge is 0.317 e. The third-order valence-corrected chi connectivity index (χ3v) is 3.26. The number of hydrogen-bond acceptors (Lipinski definition) is 2. The van der Waals surface area contributed by atoms with Gasteiger partial charge in [-0.2, -0.15) is 0 Å². The number of carboxylic acid groups (broad SMARTS) is 1. The topological polar surface area (TPSA) is 40.5 Å². The Morgan fingerprint density at radius 1 is 1.41 bits per heavy atom. The highest BCUT2D eigenvalue weighted by atomic mass is 19.1. The number of carbonyl (C=O) groups is 1. The van der Waals surface area contributed by atoms with Gasteiger partial charge in [-0.05, 0) is 18.9 Å². The van der Waals surface area contributed by atoms with E-state index in [0.29, 0.717) is 18.2 Å². The number of hydrogen-bond donors (Lipinski definition) is 1. The summed E-state index contributed by atoms with van der Waals surface area (Å²) in [5, 5.41) is 8.86. The van der Waals surface area contributed by atoms with Gasteiger partial charge in [-0.3, -0.25) is 9.69 Å². The molecule has 0 radical (unpaired) electrons.